The van der Waals surface area contributed by atoms with Crippen molar-refractivity contribution in [1.82, 2.24) is 5.32 Å². The number of fused-ring (bicyclic) bond motifs is 1. The Morgan fingerprint density at radius 3 is 2.73 bits per heavy atom. The van der Waals surface area contributed by atoms with E-state index in [4.69, 9.17) is 14.6 Å². The third-order valence-electron chi connectivity index (χ3n) is 3.42. The number of hydrogen-bond donors (Lipinski definition) is 2. The van der Waals surface area contributed by atoms with E-state index in [-0.39, 0.29) is 6.61 Å². The molecule has 0 saturated carbocycles. The van der Waals surface area contributed by atoms with Crippen molar-refractivity contribution < 1.29 is 14.6 Å². The number of aliphatic hydroxyl groups is 1. The molecule has 0 radical (unpaired) electrons. The predicted molar refractivity (Wildman–Crippen MR) is 89.3 cm³/mol. The van der Waals surface area contributed by atoms with Gasteiger partial charge in [-0.3, -0.25) is 0 Å². The SMILES string of the molecule is CCCOc1ccc2ccccc2c1CNCCOCCO. The summed E-state index contributed by atoms with van der Waals surface area (Å²) in [5.74, 6) is 0.948. The van der Waals surface area contributed by atoms with Crippen molar-refractivity contribution >= 4 is 10.8 Å². The molecule has 0 aliphatic rings. The fraction of sp³-hybridized carbons (Fsp3) is 0.444. The smallest absolute Gasteiger partial charge is 0.124 e. The monoisotopic (exact) mass is 303 g/mol. The molecule has 0 heterocycles. The molecule has 2 aromatic carbocycles. The maximum Gasteiger partial charge on any atom is 0.124 e. The number of benzene rings is 2. The van der Waals surface area contributed by atoms with Crippen molar-refractivity contribution in [3.8, 4) is 5.75 Å². The first-order chi connectivity index (χ1) is 10.9. The predicted octanol–water partition coefficient (Wildman–Crippen LogP) is 2.73. The zero-order chi connectivity index (χ0) is 15.6. The standard InChI is InChI=1S/C18H25NO3/c1-2-11-22-18-8-7-15-5-3-4-6-16(15)17(18)14-19-9-12-21-13-10-20/h3-8,19-20H,2,9-14H2,1H3. The highest BCUT2D eigenvalue weighted by molar-refractivity contribution is 5.87. The van der Waals surface area contributed by atoms with E-state index in [1.807, 2.05) is 0 Å². The summed E-state index contributed by atoms with van der Waals surface area (Å²) in [4.78, 5) is 0. The zero-order valence-corrected chi connectivity index (χ0v) is 13.2. The lowest BCUT2D eigenvalue weighted by Crippen LogP contribution is -2.20. The molecule has 4 nitrogen and oxygen atoms in total. The van der Waals surface area contributed by atoms with E-state index in [0.717, 1.165) is 31.9 Å². The first kappa shape index (κ1) is 16.7. The Kier molecular flexibility index (Phi) is 7.16. The van der Waals surface area contributed by atoms with Gasteiger partial charge in [-0.05, 0) is 23.3 Å². The van der Waals surface area contributed by atoms with E-state index in [1.54, 1.807) is 0 Å². The van der Waals surface area contributed by atoms with Gasteiger partial charge in [-0.15, -0.1) is 0 Å². The molecule has 2 rings (SSSR count). The maximum atomic E-state index is 8.68. The highest BCUT2D eigenvalue weighted by atomic mass is 16.5. The van der Waals surface area contributed by atoms with Gasteiger partial charge in [0.1, 0.15) is 5.75 Å². The summed E-state index contributed by atoms with van der Waals surface area (Å²) in [6, 6.07) is 12.5. The average molecular weight is 303 g/mol. The van der Waals surface area contributed by atoms with Crippen LogP contribution in [0.15, 0.2) is 36.4 Å². The Morgan fingerprint density at radius 1 is 1.05 bits per heavy atom. The van der Waals surface area contributed by atoms with Crippen LogP contribution >= 0.6 is 0 Å². The van der Waals surface area contributed by atoms with Gasteiger partial charge in [-0.25, -0.2) is 0 Å². The lowest BCUT2D eigenvalue weighted by atomic mass is 10.0. The maximum absolute atomic E-state index is 8.68. The minimum atomic E-state index is 0.0678. The molecule has 0 spiro atoms. The van der Waals surface area contributed by atoms with Crippen LogP contribution in [0.25, 0.3) is 10.8 Å². The van der Waals surface area contributed by atoms with E-state index < -0.39 is 0 Å². The van der Waals surface area contributed by atoms with Gasteiger partial charge in [-0.2, -0.15) is 0 Å². The lowest BCUT2D eigenvalue weighted by Gasteiger charge is -2.15. The molecule has 0 aliphatic heterocycles. The van der Waals surface area contributed by atoms with E-state index in [2.05, 4.69) is 48.6 Å². The van der Waals surface area contributed by atoms with Crippen LogP contribution < -0.4 is 10.1 Å². The van der Waals surface area contributed by atoms with Crippen LogP contribution in [0.1, 0.15) is 18.9 Å². The number of hydrogen-bond acceptors (Lipinski definition) is 4. The Balaban J connectivity index is 2.06. The Labute approximate surface area is 132 Å². The van der Waals surface area contributed by atoms with Gasteiger partial charge in [0.2, 0.25) is 0 Å². The quantitative estimate of drug-likeness (QED) is 0.663. The molecule has 0 saturated heterocycles. The van der Waals surface area contributed by atoms with Crippen molar-refractivity contribution in [2.45, 2.75) is 19.9 Å². The minimum Gasteiger partial charge on any atom is -0.493 e. The molecule has 0 fully saturated rings. The largest absolute Gasteiger partial charge is 0.493 e. The van der Waals surface area contributed by atoms with E-state index >= 15 is 0 Å². The second-order valence-electron chi connectivity index (χ2n) is 5.12. The Hall–Kier alpha value is -1.62. The second kappa shape index (κ2) is 9.41. The fourth-order valence-corrected chi connectivity index (χ4v) is 2.37. The van der Waals surface area contributed by atoms with Crippen molar-refractivity contribution in [3.63, 3.8) is 0 Å². The van der Waals surface area contributed by atoms with Gasteiger partial charge in [0, 0.05) is 18.7 Å². The van der Waals surface area contributed by atoms with Crippen LogP contribution in [0, 0.1) is 0 Å². The lowest BCUT2D eigenvalue weighted by molar-refractivity contribution is 0.0938. The van der Waals surface area contributed by atoms with Gasteiger partial charge >= 0.3 is 0 Å². The average Bonchev–Trinajstić information content (AvgIpc) is 2.56. The minimum absolute atomic E-state index is 0.0678. The molecular weight excluding hydrogens is 278 g/mol. The molecule has 4 heteroatoms. The topological polar surface area (TPSA) is 50.7 Å². The van der Waals surface area contributed by atoms with Crippen molar-refractivity contribution in [3.05, 3.63) is 42.0 Å². The summed E-state index contributed by atoms with van der Waals surface area (Å²) in [6.07, 6.45) is 0.995. The number of aliphatic hydroxyl groups excluding tert-OH is 1. The van der Waals surface area contributed by atoms with Crippen LogP contribution in [-0.4, -0.2) is 38.1 Å². The summed E-state index contributed by atoms with van der Waals surface area (Å²) in [7, 11) is 0. The van der Waals surface area contributed by atoms with Crippen LogP contribution in [0.3, 0.4) is 0 Å². The summed E-state index contributed by atoms with van der Waals surface area (Å²) in [6.45, 7) is 5.37. The number of ether oxygens (including phenoxy) is 2. The number of rotatable bonds is 10. The Morgan fingerprint density at radius 2 is 1.91 bits per heavy atom. The van der Waals surface area contributed by atoms with Crippen molar-refractivity contribution in [2.24, 2.45) is 0 Å². The summed E-state index contributed by atoms with van der Waals surface area (Å²) >= 11 is 0. The summed E-state index contributed by atoms with van der Waals surface area (Å²) in [5, 5.41) is 14.5. The molecule has 0 amide bonds. The van der Waals surface area contributed by atoms with E-state index in [0.29, 0.717) is 13.2 Å². The Bertz CT molecular complexity index is 571. The van der Waals surface area contributed by atoms with Gasteiger partial charge in [0.25, 0.3) is 0 Å². The van der Waals surface area contributed by atoms with Gasteiger partial charge in [-0.1, -0.05) is 37.3 Å². The molecule has 22 heavy (non-hydrogen) atoms. The van der Waals surface area contributed by atoms with Gasteiger partial charge < -0.3 is 19.9 Å². The highest BCUT2D eigenvalue weighted by Crippen LogP contribution is 2.28. The third-order valence-corrected chi connectivity index (χ3v) is 3.42. The van der Waals surface area contributed by atoms with Crippen LogP contribution in [-0.2, 0) is 11.3 Å². The molecule has 2 N–H and O–H groups in total. The second-order valence-corrected chi connectivity index (χ2v) is 5.12. The van der Waals surface area contributed by atoms with Gasteiger partial charge in [0.05, 0.1) is 26.4 Å². The van der Waals surface area contributed by atoms with Gasteiger partial charge in [0.15, 0.2) is 0 Å². The molecule has 0 unspecified atom stereocenters. The number of nitrogens with one attached hydrogen (secondary N) is 1. The van der Waals surface area contributed by atoms with Crippen LogP contribution in [0.4, 0.5) is 0 Å². The van der Waals surface area contributed by atoms with Crippen LogP contribution in [0.5, 0.6) is 5.75 Å². The van der Waals surface area contributed by atoms with E-state index in [9.17, 15) is 0 Å². The first-order valence-electron chi connectivity index (χ1n) is 7.89. The third kappa shape index (κ3) is 4.70. The van der Waals surface area contributed by atoms with Crippen molar-refractivity contribution in [1.29, 1.82) is 0 Å². The summed E-state index contributed by atoms with van der Waals surface area (Å²) < 4.78 is 11.1. The molecular formula is C18H25NO3. The molecule has 120 valence electrons. The zero-order valence-electron chi connectivity index (χ0n) is 13.2. The first-order valence-corrected chi connectivity index (χ1v) is 7.89. The highest BCUT2D eigenvalue weighted by Gasteiger charge is 2.08. The normalized spacial score (nSPS) is 11.0. The molecule has 0 aliphatic carbocycles. The van der Waals surface area contributed by atoms with Crippen LogP contribution in [0.2, 0.25) is 0 Å². The molecule has 0 atom stereocenters. The van der Waals surface area contributed by atoms with E-state index in [1.165, 1.54) is 16.3 Å². The van der Waals surface area contributed by atoms with Crippen molar-refractivity contribution in [2.75, 3.05) is 33.0 Å². The summed E-state index contributed by atoms with van der Waals surface area (Å²) in [5.41, 5.74) is 1.19. The molecule has 0 bridgehead atoms. The fourth-order valence-electron chi connectivity index (χ4n) is 2.37. The molecule has 0 aromatic heterocycles. The molecule has 2 aromatic rings.